The van der Waals surface area contributed by atoms with E-state index in [0.29, 0.717) is 27.5 Å². The first-order valence-electron chi connectivity index (χ1n) is 9.94. The number of rotatable bonds is 7. The molecule has 0 bridgehead atoms. The molecule has 2 aromatic heterocycles. The van der Waals surface area contributed by atoms with Gasteiger partial charge in [0.1, 0.15) is 17.3 Å². The van der Waals surface area contributed by atoms with Crippen molar-refractivity contribution in [1.82, 2.24) is 14.9 Å². The predicted octanol–water partition coefficient (Wildman–Crippen LogP) is 5.88. The van der Waals surface area contributed by atoms with Crippen LogP contribution in [-0.4, -0.2) is 20.8 Å². The number of nitrogens with one attached hydrogen (secondary N) is 1. The van der Waals surface area contributed by atoms with E-state index < -0.39 is 0 Å². The molecule has 4 rings (SSSR count). The number of amides is 1. The minimum absolute atomic E-state index is 0.314. The highest BCUT2D eigenvalue weighted by Crippen LogP contribution is 2.27. The number of hydrogen-bond acceptors (Lipinski definition) is 5. The van der Waals surface area contributed by atoms with Crippen LogP contribution in [0.2, 0.25) is 5.02 Å². The Bertz CT molecular complexity index is 1260. The zero-order valence-electron chi connectivity index (χ0n) is 17.6. The largest absolute Gasteiger partial charge is 0.457 e. The highest BCUT2D eigenvalue weighted by Gasteiger charge is 2.12. The van der Waals surface area contributed by atoms with Gasteiger partial charge < -0.3 is 4.42 Å². The van der Waals surface area contributed by atoms with Gasteiger partial charge in [0.2, 0.25) is 5.16 Å². The van der Waals surface area contributed by atoms with Crippen molar-refractivity contribution < 1.29 is 9.21 Å². The molecule has 0 atom stereocenters. The summed E-state index contributed by atoms with van der Waals surface area (Å²) in [7, 11) is 0. The van der Waals surface area contributed by atoms with E-state index in [2.05, 4.69) is 15.6 Å². The molecule has 6 nitrogen and oxygen atoms in total. The van der Waals surface area contributed by atoms with Gasteiger partial charge in [0.05, 0.1) is 0 Å². The van der Waals surface area contributed by atoms with Gasteiger partial charge in [0, 0.05) is 22.4 Å². The molecule has 1 amide bonds. The summed E-state index contributed by atoms with van der Waals surface area (Å²) in [6.07, 6.45) is 3.03. The Morgan fingerprint density at radius 3 is 2.72 bits per heavy atom. The first kappa shape index (κ1) is 21.9. The monoisotopic (exact) mass is 464 g/mol. The number of carbonyl (C=O) groups is 1. The van der Waals surface area contributed by atoms with E-state index in [1.807, 2.05) is 61.5 Å². The van der Waals surface area contributed by atoms with Crippen LogP contribution in [0.5, 0.6) is 0 Å². The van der Waals surface area contributed by atoms with Gasteiger partial charge in [-0.25, -0.2) is 4.68 Å². The molecule has 0 fully saturated rings. The summed E-state index contributed by atoms with van der Waals surface area (Å²) in [5.74, 6) is 2.25. The average Bonchev–Trinajstić information content (AvgIpc) is 3.41. The van der Waals surface area contributed by atoms with Gasteiger partial charge in [0.15, 0.2) is 0 Å². The van der Waals surface area contributed by atoms with Crippen LogP contribution in [0.15, 0.2) is 76.3 Å². The fraction of sp³-hybridized carbons (Fsp3) is 0.125. The fourth-order valence-corrected chi connectivity index (χ4v) is 4.01. The van der Waals surface area contributed by atoms with E-state index in [9.17, 15) is 4.79 Å². The summed E-state index contributed by atoms with van der Waals surface area (Å²) in [6, 6.07) is 19.5. The third kappa shape index (κ3) is 5.30. The molecule has 0 aliphatic heterocycles. The van der Waals surface area contributed by atoms with Crippen molar-refractivity contribution in [3.8, 4) is 11.3 Å². The van der Waals surface area contributed by atoms with Gasteiger partial charge in [-0.2, -0.15) is 0 Å². The lowest BCUT2D eigenvalue weighted by Gasteiger charge is -2.08. The second-order valence-electron chi connectivity index (χ2n) is 7.11. The quantitative estimate of drug-likeness (QED) is 0.273. The van der Waals surface area contributed by atoms with Crippen LogP contribution in [0, 0.1) is 13.8 Å². The molecule has 4 aromatic rings. The third-order valence-corrected chi connectivity index (χ3v) is 6.12. The van der Waals surface area contributed by atoms with Crippen molar-refractivity contribution in [3.63, 3.8) is 0 Å². The van der Waals surface area contributed by atoms with Gasteiger partial charge >= 0.3 is 0 Å². The minimum Gasteiger partial charge on any atom is -0.457 e. The van der Waals surface area contributed by atoms with Gasteiger partial charge in [-0.05, 0) is 49.2 Å². The van der Waals surface area contributed by atoms with Crippen molar-refractivity contribution in [1.29, 1.82) is 0 Å². The van der Waals surface area contributed by atoms with Crippen LogP contribution in [-0.2, 0) is 10.5 Å². The van der Waals surface area contributed by atoms with Crippen molar-refractivity contribution in [2.75, 3.05) is 5.43 Å². The Morgan fingerprint density at radius 2 is 1.94 bits per heavy atom. The van der Waals surface area contributed by atoms with Crippen LogP contribution >= 0.6 is 23.4 Å². The SMILES string of the molecule is Cc1ccc(-c2ccc(/C=C/C(=O)Nn3c(C)nnc3SCc3ccccc3)o2)cc1Cl. The van der Waals surface area contributed by atoms with Crippen LogP contribution in [0.25, 0.3) is 17.4 Å². The van der Waals surface area contributed by atoms with Gasteiger partial charge in [0.25, 0.3) is 5.91 Å². The lowest BCUT2D eigenvalue weighted by molar-refractivity contribution is -0.112. The molecule has 1 N–H and O–H groups in total. The second kappa shape index (κ2) is 9.89. The van der Waals surface area contributed by atoms with E-state index in [4.69, 9.17) is 16.0 Å². The highest BCUT2D eigenvalue weighted by molar-refractivity contribution is 7.98. The van der Waals surface area contributed by atoms with E-state index in [-0.39, 0.29) is 5.91 Å². The van der Waals surface area contributed by atoms with E-state index in [1.54, 1.807) is 23.7 Å². The minimum atomic E-state index is -0.314. The maximum absolute atomic E-state index is 12.5. The standard InChI is InChI=1S/C24H21ClN4O2S/c1-16-8-9-19(14-21(16)25)22-12-10-20(31-22)11-13-23(30)28-29-17(2)26-27-24(29)32-15-18-6-4-3-5-7-18/h3-14H,15H2,1-2H3,(H,28,30)/b13-11+. The topological polar surface area (TPSA) is 73.0 Å². The Kier molecular flexibility index (Phi) is 6.78. The van der Waals surface area contributed by atoms with Gasteiger partial charge in [-0.3, -0.25) is 10.2 Å². The molecule has 2 aromatic carbocycles. The normalized spacial score (nSPS) is 11.2. The fourth-order valence-electron chi connectivity index (χ4n) is 2.94. The Labute approximate surface area is 195 Å². The predicted molar refractivity (Wildman–Crippen MR) is 128 cm³/mol. The molecular weight excluding hydrogens is 444 g/mol. The Hall–Kier alpha value is -3.29. The van der Waals surface area contributed by atoms with Crippen LogP contribution < -0.4 is 5.43 Å². The molecule has 0 unspecified atom stereocenters. The first-order valence-corrected chi connectivity index (χ1v) is 11.3. The molecule has 0 saturated heterocycles. The molecule has 32 heavy (non-hydrogen) atoms. The molecule has 2 heterocycles. The van der Waals surface area contributed by atoms with Crippen molar-refractivity contribution in [3.05, 3.63) is 94.5 Å². The summed E-state index contributed by atoms with van der Waals surface area (Å²) < 4.78 is 7.41. The summed E-state index contributed by atoms with van der Waals surface area (Å²) in [5, 5.41) is 9.53. The number of thioether (sulfide) groups is 1. The van der Waals surface area contributed by atoms with E-state index in [1.165, 1.54) is 23.4 Å². The molecule has 0 aliphatic rings. The van der Waals surface area contributed by atoms with Crippen molar-refractivity contribution in [2.45, 2.75) is 24.8 Å². The summed E-state index contributed by atoms with van der Waals surface area (Å²) in [5.41, 5.74) is 5.85. The van der Waals surface area contributed by atoms with Crippen molar-refractivity contribution >= 4 is 35.3 Å². The molecular formula is C24H21ClN4O2S. The molecule has 0 aliphatic carbocycles. The van der Waals surface area contributed by atoms with E-state index >= 15 is 0 Å². The lowest BCUT2D eigenvalue weighted by Crippen LogP contribution is -2.22. The maximum atomic E-state index is 12.5. The van der Waals surface area contributed by atoms with Gasteiger partial charge in [-0.15, -0.1) is 10.2 Å². The average molecular weight is 465 g/mol. The zero-order valence-corrected chi connectivity index (χ0v) is 19.2. The second-order valence-corrected chi connectivity index (χ2v) is 8.46. The summed E-state index contributed by atoms with van der Waals surface area (Å²) in [6.45, 7) is 3.74. The number of halogens is 1. The van der Waals surface area contributed by atoms with Crippen LogP contribution in [0.4, 0.5) is 0 Å². The maximum Gasteiger partial charge on any atom is 0.263 e. The summed E-state index contributed by atoms with van der Waals surface area (Å²) >= 11 is 7.70. The first-order chi connectivity index (χ1) is 15.5. The molecule has 162 valence electrons. The summed E-state index contributed by atoms with van der Waals surface area (Å²) in [4.78, 5) is 12.5. The number of furan rings is 1. The highest BCUT2D eigenvalue weighted by atomic mass is 35.5. The number of aryl methyl sites for hydroxylation is 2. The number of benzene rings is 2. The lowest BCUT2D eigenvalue weighted by atomic mass is 10.1. The molecule has 0 saturated carbocycles. The van der Waals surface area contributed by atoms with Crippen molar-refractivity contribution in [2.24, 2.45) is 0 Å². The Morgan fingerprint density at radius 1 is 1.12 bits per heavy atom. The molecule has 8 heteroatoms. The number of hydrogen-bond donors (Lipinski definition) is 1. The smallest absolute Gasteiger partial charge is 0.263 e. The zero-order chi connectivity index (χ0) is 22.5. The van der Waals surface area contributed by atoms with Crippen LogP contribution in [0.3, 0.4) is 0 Å². The molecule has 0 radical (unpaired) electrons. The number of nitrogens with zero attached hydrogens (tertiary/aromatic N) is 3. The number of aromatic nitrogens is 3. The third-order valence-electron chi connectivity index (χ3n) is 4.71. The Balaban J connectivity index is 1.40. The van der Waals surface area contributed by atoms with Crippen LogP contribution in [0.1, 0.15) is 22.7 Å². The van der Waals surface area contributed by atoms with Gasteiger partial charge in [-0.1, -0.05) is 65.8 Å². The molecule has 0 spiro atoms. The number of carbonyl (C=O) groups excluding carboxylic acids is 1. The van der Waals surface area contributed by atoms with E-state index in [0.717, 1.165) is 16.9 Å².